The van der Waals surface area contributed by atoms with Crippen LogP contribution in [0.2, 0.25) is 0 Å². The van der Waals surface area contributed by atoms with Gasteiger partial charge >= 0.3 is 0 Å². The maximum Gasteiger partial charge on any atom is 0.0487 e. The van der Waals surface area contributed by atoms with Gasteiger partial charge in [0.2, 0.25) is 0 Å². The van der Waals surface area contributed by atoms with Gasteiger partial charge in [-0.3, -0.25) is 16.3 Å². The van der Waals surface area contributed by atoms with Crippen LogP contribution >= 0.6 is 0 Å². The van der Waals surface area contributed by atoms with Gasteiger partial charge in [0.05, 0.1) is 0 Å². The molecule has 1 aromatic heterocycles. The van der Waals surface area contributed by atoms with Gasteiger partial charge in [0.1, 0.15) is 0 Å². The number of aromatic nitrogens is 1. The van der Waals surface area contributed by atoms with E-state index in [4.69, 9.17) is 5.84 Å². The Labute approximate surface area is 91.5 Å². The highest BCUT2D eigenvalue weighted by Crippen LogP contribution is 2.14. The van der Waals surface area contributed by atoms with E-state index in [1.54, 1.807) is 0 Å². The fraction of sp³-hybridized carbons (Fsp3) is 0.545. The molecule has 1 heterocycles. The molecule has 0 aliphatic rings. The van der Waals surface area contributed by atoms with Crippen molar-refractivity contribution in [2.75, 3.05) is 20.6 Å². The van der Waals surface area contributed by atoms with Crippen molar-refractivity contribution in [3.05, 3.63) is 29.6 Å². The summed E-state index contributed by atoms with van der Waals surface area (Å²) >= 11 is 0. The maximum atomic E-state index is 5.53. The topological polar surface area (TPSA) is 54.2 Å². The zero-order chi connectivity index (χ0) is 11.3. The van der Waals surface area contributed by atoms with Crippen molar-refractivity contribution in [3.8, 4) is 0 Å². The summed E-state index contributed by atoms with van der Waals surface area (Å²) in [5.41, 5.74) is 5.00. The van der Waals surface area contributed by atoms with Crippen LogP contribution in [0.3, 0.4) is 0 Å². The summed E-state index contributed by atoms with van der Waals surface area (Å²) in [6.45, 7) is 2.98. The summed E-state index contributed by atoms with van der Waals surface area (Å²) in [5, 5.41) is 0. The number of hydrogen-bond donors (Lipinski definition) is 2. The Morgan fingerprint density at radius 3 is 2.67 bits per heavy atom. The summed E-state index contributed by atoms with van der Waals surface area (Å²) < 4.78 is 0. The number of rotatable bonds is 5. The molecule has 0 spiro atoms. The number of nitrogens with one attached hydrogen (secondary N) is 1. The summed E-state index contributed by atoms with van der Waals surface area (Å²) in [6, 6.07) is 4.26. The van der Waals surface area contributed by atoms with Crippen molar-refractivity contribution >= 4 is 0 Å². The van der Waals surface area contributed by atoms with Crippen LogP contribution in [0.1, 0.15) is 23.7 Å². The zero-order valence-electron chi connectivity index (χ0n) is 9.70. The second-order valence-electron chi connectivity index (χ2n) is 4.04. The Balaban J connectivity index is 2.61. The highest BCUT2D eigenvalue weighted by molar-refractivity contribution is 5.16. The molecule has 0 aliphatic heterocycles. The lowest BCUT2D eigenvalue weighted by Crippen LogP contribution is -2.30. The first-order valence-corrected chi connectivity index (χ1v) is 5.17. The molecule has 0 amide bonds. The van der Waals surface area contributed by atoms with Gasteiger partial charge in [0, 0.05) is 17.9 Å². The molecule has 0 aliphatic carbocycles. The Morgan fingerprint density at radius 1 is 1.47 bits per heavy atom. The predicted octanol–water partition coefficient (Wildman–Crippen LogP) is 0.846. The molecule has 0 saturated carbocycles. The summed E-state index contributed by atoms with van der Waals surface area (Å²) in [7, 11) is 4.11. The van der Waals surface area contributed by atoms with E-state index < -0.39 is 0 Å². The van der Waals surface area contributed by atoms with Crippen LogP contribution in [0, 0.1) is 6.92 Å². The van der Waals surface area contributed by atoms with E-state index in [0.29, 0.717) is 0 Å². The van der Waals surface area contributed by atoms with E-state index in [1.807, 2.05) is 19.2 Å². The second kappa shape index (κ2) is 5.80. The molecule has 4 nitrogen and oxygen atoms in total. The van der Waals surface area contributed by atoms with Crippen molar-refractivity contribution in [2.45, 2.75) is 19.4 Å². The van der Waals surface area contributed by atoms with Crippen LogP contribution in [-0.4, -0.2) is 30.5 Å². The molecule has 15 heavy (non-hydrogen) atoms. The SMILES string of the molecule is Cc1ccc(C(CCN(C)C)NN)cn1. The quantitative estimate of drug-likeness (QED) is 0.556. The predicted molar refractivity (Wildman–Crippen MR) is 62.2 cm³/mol. The van der Waals surface area contributed by atoms with Gasteiger partial charge in [-0.1, -0.05) is 6.07 Å². The third-order valence-electron chi connectivity index (χ3n) is 2.40. The fourth-order valence-corrected chi connectivity index (χ4v) is 1.42. The second-order valence-corrected chi connectivity index (χ2v) is 4.04. The average Bonchev–Trinajstić information content (AvgIpc) is 2.21. The molecule has 0 aromatic carbocycles. The first-order valence-electron chi connectivity index (χ1n) is 5.17. The van der Waals surface area contributed by atoms with Gasteiger partial charge in [-0.2, -0.15) is 0 Å². The van der Waals surface area contributed by atoms with Crippen LogP contribution in [0.25, 0.3) is 0 Å². The van der Waals surface area contributed by atoms with Gasteiger partial charge < -0.3 is 4.90 Å². The number of aryl methyl sites for hydroxylation is 1. The van der Waals surface area contributed by atoms with E-state index in [0.717, 1.165) is 24.2 Å². The Bertz CT molecular complexity index is 281. The zero-order valence-corrected chi connectivity index (χ0v) is 9.70. The van der Waals surface area contributed by atoms with Crippen LogP contribution in [0.15, 0.2) is 18.3 Å². The summed E-state index contributed by atoms with van der Waals surface area (Å²) in [4.78, 5) is 6.41. The smallest absolute Gasteiger partial charge is 0.0487 e. The van der Waals surface area contributed by atoms with Crippen LogP contribution < -0.4 is 11.3 Å². The third-order valence-corrected chi connectivity index (χ3v) is 2.40. The van der Waals surface area contributed by atoms with E-state index in [1.165, 1.54) is 0 Å². The van der Waals surface area contributed by atoms with Gasteiger partial charge in [0.15, 0.2) is 0 Å². The minimum Gasteiger partial charge on any atom is -0.309 e. The number of nitrogens with two attached hydrogens (primary N) is 1. The van der Waals surface area contributed by atoms with E-state index >= 15 is 0 Å². The monoisotopic (exact) mass is 208 g/mol. The molecule has 3 N–H and O–H groups in total. The molecule has 1 atom stereocenters. The number of nitrogens with zero attached hydrogens (tertiary/aromatic N) is 2. The van der Waals surface area contributed by atoms with Gasteiger partial charge in [-0.05, 0) is 45.6 Å². The maximum absolute atomic E-state index is 5.53. The molecule has 84 valence electrons. The number of hydrazine groups is 1. The Kier molecular flexibility index (Phi) is 4.68. The van der Waals surface area contributed by atoms with Crippen molar-refractivity contribution < 1.29 is 0 Å². The molecule has 0 radical (unpaired) electrons. The lowest BCUT2D eigenvalue weighted by atomic mass is 10.1. The van der Waals surface area contributed by atoms with Crippen molar-refractivity contribution in [1.29, 1.82) is 0 Å². The number of hydrogen-bond acceptors (Lipinski definition) is 4. The minimum absolute atomic E-state index is 0.181. The molecular weight excluding hydrogens is 188 g/mol. The number of pyridine rings is 1. The lowest BCUT2D eigenvalue weighted by molar-refractivity contribution is 0.362. The third kappa shape index (κ3) is 3.95. The molecule has 0 fully saturated rings. The molecular formula is C11H20N4. The van der Waals surface area contributed by atoms with Gasteiger partial charge in [0.25, 0.3) is 0 Å². The largest absolute Gasteiger partial charge is 0.309 e. The lowest BCUT2D eigenvalue weighted by Gasteiger charge is -2.18. The minimum atomic E-state index is 0.181. The van der Waals surface area contributed by atoms with E-state index in [2.05, 4.69) is 35.5 Å². The first-order chi connectivity index (χ1) is 7.13. The highest BCUT2D eigenvalue weighted by atomic mass is 15.2. The summed E-state index contributed by atoms with van der Waals surface area (Å²) in [5.74, 6) is 5.53. The van der Waals surface area contributed by atoms with Gasteiger partial charge in [-0.15, -0.1) is 0 Å². The highest BCUT2D eigenvalue weighted by Gasteiger charge is 2.09. The van der Waals surface area contributed by atoms with E-state index in [9.17, 15) is 0 Å². The first kappa shape index (κ1) is 12.1. The molecule has 0 bridgehead atoms. The Hall–Kier alpha value is -0.970. The molecule has 1 unspecified atom stereocenters. The van der Waals surface area contributed by atoms with Crippen molar-refractivity contribution in [2.24, 2.45) is 5.84 Å². The van der Waals surface area contributed by atoms with Gasteiger partial charge in [-0.25, -0.2) is 0 Å². The van der Waals surface area contributed by atoms with Crippen LogP contribution in [0.4, 0.5) is 0 Å². The summed E-state index contributed by atoms with van der Waals surface area (Å²) in [6.07, 6.45) is 2.86. The standard InChI is InChI=1S/C11H20N4/c1-9-4-5-10(8-13-9)11(14-12)6-7-15(2)3/h4-5,8,11,14H,6-7,12H2,1-3H3. The fourth-order valence-electron chi connectivity index (χ4n) is 1.42. The van der Waals surface area contributed by atoms with Crippen LogP contribution in [0.5, 0.6) is 0 Å². The van der Waals surface area contributed by atoms with Crippen molar-refractivity contribution in [3.63, 3.8) is 0 Å². The van der Waals surface area contributed by atoms with E-state index in [-0.39, 0.29) is 6.04 Å². The average molecular weight is 208 g/mol. The van der Waals surface area contributed by atoms with Crippen molar-refractivity contribution in [1.82, 2.24) is 15.3 Å². The molecule has 4 heteroatoms. The molecule has 1 rings (SSSR count). The normalized spacial score (nSPS) is 13.1. The Morgan fingerprint density at radius 2 is 2.20 bits per heavy atom. The molecule has 0 saturated heterocycles. The van der Waals surface area contributed by atoms with Crippen LogP contribution in [-0.2, 0) is 0 Å². The molecule has 1 aromatic rings.